The zero-order valence-electron chi connectivity index (χ0n) is 10.2. The average Bonchev–Trinajstić information content (AvgIpc) is 3.12. The minimum atomic E-state index is -0.191. The minimum absolute atomic E-state index is 0.191. The van der Waals surface area contributed by atoms with Crippen molar-refractivity contribution < 1.29 is 4.79 Å². The lowest BCUT2D eigenvalue weighted by atomic mass is 10.3. The number of benzene rings is 1. The summed E-state index contributed by atoms with van der Waals surface area (Å²) in [6.07, 6.45) is 3.53. The third-order valence-electron chi connectivity index (χ3n) is 2.73. The Kier molecular flexibility index (Phi) is 4.84. The molecule has 0 bridgehead atoms. The summed E-state index contributed by atoms with van der Waals surface area (Å²) in [5.41, 5.74) is 0.705. The quantitative estimate of drug-likeness (QED) is 0.694. The van der Waals surface area contributed by atoms with Crippen LogP contribution in [-0.2, 0) is 0 Å². The molecule has 1 fully saturated rings. The first-order valence-corrected chi connectivity index (χ1v) is 6.65. The van der Waals surface area contributed by atoms with Gasteiger partial charge in [0, 0.05) is 23.3 Å². The maximum absolute atomic E-state index is 11.5. The number of hydrogen-bond acceptors (Lipinski definition) is 2. The molecular formula is C13H18ClN3O. The molecule has 4 nitrogen and oxygen atoms in total. The van der Waals surface area contributed by atoms with Crippen LogP contribution in [0.15, 0.2) is 24.3 Å². The molecule has 1 aromatic rings. The molecule has 0 heterocycles. The third-order valence-corrected chi connectivity index (χ3v) is 2.97. The largest absolute Gasteiger partial charge is 0.338 e. The average molecular weight is 268 g/mol. The Hall–Kier alpha value is -1.26. The van der Waals surface area contributed by atoms with Crippen LogP contribution < -0.4 is 16.0 Å². The van der Waals surface area contributed by atoms with Gasteiger partial charge in [0.05, 0.1) is 0 Å². The SMILES string of the molecule is O=C(NCCCNC1CC1)Nc1cccc(Cl)c1. The van der Waals surface area contributed by atoms with E-state index in [1.165, 1.54) is 12.8 Å². The van der Waals surface area contributed by atoms with Crippen molar-refractivity contribution in [2.45, 2.75) is 25.3 Å². The second-order valence-corrected chi connectivity index (χ2v) is 4.91. The number of rotatable bonds is 6. The number of nitrogens with one attached hydrogen (secondary N) is 3. The highest BCUT2D eigenvalue weighted by molar-refractivity contribution is 6.30. The van der Waals surface area contributed by atoms with Crippen LogP contribution in [0.1, 0.15) is 19.3 Å². The Labute approximate surface area is 112 Å². The highest BCUT2D eigenvalue weighted by atomic mass is 35.5. The molecule has 2 rings (SSSR count). The van der Waals surface area contributed by atoms with E-state index in [0.717, 1.165) is 19.0 Å². The number of amides is 2. The summed E-state index contributed by atoms with van der Waals surface area (Å²) in [4.78, 5) is 11.5. The van der Waals surface area contributed by atoms with Crippen LogP contribution in [-0.4, -0.2) is 25.2 Å². The molecular weight excluding hydrogens is 250 g/mol. The van der Waals surface area contributed by atoms with Gasteiger partial charge in [0.2, 0.25) is 0 Å². The van der Waals surface area contributed by atoms with Crippen molar-refractivity contribution in [2.75, 3.05) is 18.4 Å². The Morgan fingerprint density at radius 2 is 2.17 bits per heavy atom. The number of carbonyl (C=O) groups is 1. The van der Waals surface area contributed by atoms with Crippen molar-refractivity contribution >= 4 is 23.3 Å². The predicted octanol–water partition coefficient (Wildman–Crippen LogP) is 2.60. The normalized spacial score (nSPS) is 14.3. The Morgan fingerprint density at radius 1 is 1.33 bits per heavy atom. The van der Waals surface area contributed by atoms with Gasteiger partial charge in [0.25, 0.3) is 0 Å². The van der Waals surface area contributed by atoms with Crippen molar-refractivity contribution in [3.05, 3.63) is 29.3 Å². The summed E-state index contributed by atoms with van der Waals surface area (Å²) in [5, 5.41) is 9.56. The molecule has 1 aromatic carbocycles. The maximum Gasteiger partial charge on any atom is 0.319 e. The van der Waals surface area contributed by atoms with Crippen LogP contribution in [0.3, 0.4) is 0 Å². The van der Waals surface area contributed by atoms with Crippen molar-refractivity contribution in [3.63, 3.8) is 0 Å². The fourth-order valence-corrected chi connectivity index (χ4v) is 1.82. The van der Waals surface area contributed by atoms with Gasteiger partial charge in [0.15, 0.2) is 0 Å². The van der Waals surface area contributed by atoms with Crippen molar-refractivity contribution in [1.29, 1.82) is 0 Å². The monoisotopic (exact) mass is 267 g/mol. The Bertz CT molecular complexity index is 407. The number of carbonyl (C=O) groups excluding carboxylic acids is 1. The van der Waals surface area contributed by atoms with Crippen molar-refractivity contribution in [1.82, 2.24) is 10.6 Å². The molecule has 0 atom stereocenters. The van der Waals surface area contributed by atoms with E-state index in [9.17, 15) is 4.79 Å². The number of urea groups is 1. The van der Waals surface area contributed by atoms with Gasteiger partial charge in [-0.25, -0.2) is 4.79 Å². The van der Waals surface area contributed by atoms with Crippen LogP contribution in [0.4, 0.5) is 10.5 Å². The standard InChI is InChI=1S/C13H18ClN3O/c14-10-3-1-4-12(9-10)17-13(18)16-8-2-7-15-11-5-6-11/h1,3-4,9,11,15H,2,5-8H2,(H2,16,17,18). The molecule has 0 aliphatic heterocycles. The van der Waals surface area contributed by atoms with E-state index in [1.807, 2.05) is 0 Å². The van der Waals surface area contributed by atoms with Crippen LogP contribution in [0.5, 0.6) is 0 Å². The van der Waals surface area contributed by atoms with E-state index in [4.69, 9.17) is 11.6 Å². The number of hydrogen-bond donors (Lipinski definition) is 3. The molecule has 98 valence electrons. The molecule has 1 aliphatic rings. The summed E-state index contributed by atoms with van der Waals surface area (Å²) in [7, 11) is 0. The van der Waals surface area contributed by atoms with Gasteiger partial charge < -0.3 is 16.0 Å². The molecule has 0 aromatic heterocycles. The van der Waals surface area contributed by atoms with Crippen LogP contribution in [0.2, 0.25) is 5.02 Å². The summed E-state index contributed by atoms with van der Waals surface area (Å²) in [5.74, 6) is 0. The van der Waals surface area contributed by atoms with E-state index in [1.54, 1.807) is 24.3 Å². The predicted molar refractivity (Wildman–Crippen MR) is 74.1 cm³/mol. The topological polar surface area (TPSA) is 53.2 Å². The molecule has 0 spiro atoms. The fourth-order valence-electron chi connectivity index (χ4n) is 1.63. The van der Waals surface area contributed by atoms with Crippen molar-refractivity contribution in [3.8, 4) is 0 Å². The van der Waals surface area contributed by atoms with Crippen LogP contribution >= 0.6 is 11.6 Å². The van der Waals surface area contributed by atoms with Gasteiger partial charge >= 0.3 is 6.03 Å². The summed E-state index contributed by atoms with van der Waals surface area (Å²) >= 11 is 5.83. The molecule has 0 saturated heterocycles. The van der Waals surface area contributed by atoms with Crippen LogP contribution in [0, 0.1) is 0 Å². The van der Waals surface area contributed by atoms with E-state index >= 15 is 0 Å². The molecule has 1 aliphatic carbocycles. The zero-order valence-corrected chi connectivity index (χ0v) is 11.0. The van der Waals surface area contributed by atoms with E-state index in [0.29, 0.717) is 17.3 Å². The summed E-state index contributed by atoms with van der Waals surface area (Å²) < 4.78 is 0. The molecule has 0 radical (unpaired) electrons. The first-order valence-electron chi connectivity index (χ1n) is 6.28. The lowest BCUT2D eigenvalue weighted by molar-refractivity contribution is 0.252. The first kappa shape index (κ1) is 13.2. The lowest BCUT2D eigenvalue weighted by Gasteiger charge is -2.08. The van der Waals surface area contributed by atoms with Crippen molar-refractivity contribution in [2.24, 2.45) is 0 Å². The highest BCUT2D eigenvalue weighted by Gasteiger charge is 2.19. The lowest BCUT2D eigenvalue weighted by Crippen LogP contribution is -2.31. The van der Waals surface area contributed by atoms with E-state index in [-0.39, 0.29) is 6.03 Å². The second kappa shape index (κ2) is 6.61. The van der Waals surface area contributed by atoms with Gasteiger partial charge in [0.1, 0.15) is 0 Å². The maximum atomic E-state index is 11.5. The Morgan fingerprint density at radius 3 is 2.89 bits per heavy atom. The molecule has 18 heavy (non-hydrogen) atoms. The molecule has 5 heteroatoms. The third kappa shape index (κ3) is 4.94. The molecule has 0 unspecified atom stereocenters. The van der Waals surface area contributed by atoms with Gasteiger partial charge in [-0.15, -0.1) is 0 Å². The highest BCUT2D eigenvalue weighted by Crippen LogP contribution is 2.18. The van der Waals surface area contributed by atoms with Gasteiger partial charge in [-0.2, -0.15) is 0 Å². The number of halogens is 1. The smallest absolute Gasteiger partial charge is 0.319 e. The van der Waals surface area contributed by atoms with Crippen LogP contribution in [0.25, 0.3) is 0 Å². The molecule has 1 saturated carbocycles. The molecule has 2 amide bonds. The first-order chi connectivity index (χ1) is 8.74. The van der Waals surface area contributed by atoms with Gasteiger partial charge in [-0.1, -0.05) is 17.7 Å². The number of anilines is 1. The minimum Gasteiger partial charge on any atom is -0.338 e. The Balaban J connectivity index is 1.59. The van der Waals surface area contributed by atoms with E-state index < -0.39 is 0 Å². The summed E-state index contributed by atoms with van der Waals surface area (Å²) in [6, 6.07) is 7.63. The van der Waals surface area contributed by atoms with Gasteiger partial charge in [-0.05, 0) is 44.0 Å². The van der Waals surface area contributed by atoms with Gasteiger partial charge in [-0.3, -0.25) is 0 Å². The zero-order chi connectivity index (χ0) is 12.8. The molecule has 3 N–H and O–H groups in total. The second-order valence-electron chi connectivity index (χ2n) is 4.47. The van der Waals surface area contributed by atoms with E-state index in [2.05, 4.69) is 16.0 Å². The summed E-state index contributed by atoms with van der Waals surface area (Å²) in [6.45, 7) is 1.63. The fraction of sp³-hybridized carbons (Fsp3) is 0.462.